The van der Waals surface area contributed by atoms with E-state index < -0.39 is 0 Å². The van der Waals surface area contributed by atoms with Gasteiger partial charge in [-0.2, -0.15) is 0 Å². The Bertz CT molecular complexity index is 719. The van der Waals surface area contributed by atoms with E-state index in [4.69, 9.17) is 0 Å². The lowest BCUT2D eigenvalue weighted by Crippen LogP contribution is -2.04. The monoisotopic (exact) mass is 264 g/mol. The van der Waals surface area contributed by atoms with Gasteiger partial charge >= 0.3 is 0 Å². The highest BCUT2D eigenvalue weighted by atomic mass is 15.0. The molecular weight excluding hydrogens is 248 g/mol. The van der Waals surface area contributed by atoms with Gasteiger partial charge in [0.25, 0.3) is 0 Å². The van der Waals surface area contributed by atoms with E-state index in [2.05, 4.69) is 39.3 Å². The molecule has 3 rings (SSSR count). The van der Waals surface area contributed by atoms with Crippen molar-refractivity contribution >= 4 is 16.7 Å². The van der Waals surface area contributed by atoms with Crippen LogP contribution >= 0.6 is 0 Å². The Kier molecular flexibility index (Phi) is 3.54. The molecule has 1 N–H and O–H groups in total. The minimum Gasteiger partial charge on any atom is -0.368 e. The molecule has 0 atom stereocenters. The zero-order valence-electron chi connectivity index (χ0n) is 11.4. The van der Waals surface area contributed by atoms with Crippen molar-refractivity contribution < 1.29 is 0 Å². The molecule has 4 nitrogen and oxygen atoms in total. The molecule has 0 aliphatic carbocycles. The molecular formula is C16H16N4. The van der Waals surface area contributed by atoms with E-state index in [1.165, 1.54) is 0 Å². The Labute approximate surface area is 117 Å². The van der Waals surface area contributed by atoms with E-state index in [1.807, 2.05) is 18.2 Å². The predicted molar refractivity (Wildman–Crippen MR) is 81.5 cm³/mol. The first-order chi connectivity index (χ1) is 9.90. The number of benzene rings is 1. The molecule has 0 saturated heterocycles. The van der Waals surface area contributed by atoms with Crippen LogP contribution in [0.25, 0.3) is 22.2 Å². The van der Waals surface area contributed by atoms with Gasteiger partial charge in [0.1, 0.15) is 5.69 Å². The van der Waals surface area contributed by atoms with Crippen LogP contribution in [0.4, 0.5) is 5.82 Å². The zero-order chi connectivity index (χ0) is 13.8. The molecule has 2 heterocycles. The van der Waals surface area contributed by atoms with E-state index in [9.17, 15) is 0 Å². The van der Waals surface area contributed by atoms with Gasteiger partial charge in [0.05, 0.1) is 5.52 Å². The molecule has 2 aromatic heterocycles. The summed E-state index contributed by atoms with van der Waals surface area (Å²) in [5.41, 5.74) is 2.90. The Morgan fingerprint density at radius 1 is 0.950 bits per heavy atom. The van der Waals surface area contributed by atoms with Crippen LogP contribution in [0.15, 0.2) is 48.9 Å². The van der Waals surface area contributed by atoms with Crippen molar-refractivity contribution in [3.05, 3.63) is 48.9 Å². The van der Waals surface area contributed by atoms with Crippen molar-refractivity contribution in [3.63, 3.8) is 0 Å². The maximum atomic E-state index is 4.50. The summed E-state index contributed by atoms with van der Waals surface area (Å²) in [6.45, 7) is 3.01. The van der Waals surface area contributed by atoms with Gasteiger partial charge in [0.2, 0.25) is 0 Å². The summed E-state index contributed by atoms with van der Waals surface area (Å²) in [5.74, 6) is 0.825. The molecule has 100 valence electrons. The molecule has 0 radical (unpaired) electrons. The lowest BCUT2D eigenvalue weighted by molar-refractivity contribution is 0.966. The largest absolute Gasteiger partial charge is 0.368 e. The fourth-order valence-electron chi connectivity index (χ4n) is 2.22. The molecule has 0 bridgehead atoms. The number of nitrogens with one attached hydrogen (secondary N) is 1. The minimum absolute atomic E-state index is 0.825. The van der Waals surface area contributed by atoms with Crippen molar-refractivity contribution in [1.29, 1.82) is 0 Å². The predicted octanol–water partition coefficient (Wildman–Crippen LogP) is 3.51. The van der Waals surface area contributed by atoms with Crippen LogP contribution in [0.2, 0.25) is 0 Å². The molecule has 4 heteroatoms. The van der Waals surface area contributed by atoms with Gasteiger partial charge in [0, 0.05) is 36.1 Å². The van der Waals surface area contributed by atoms with Crippen molar-refractivity contribution in [3.8, 4) is 11.3 Å². The lowest BCUT2D eigenvalue weighted by atomic mass is 10.1. The fraction of sp³-hybridized carbons (Fsp3) is 0.188. The van der Waals surface area contributed by atoms with Gasteiger partial charge in [-0.25, -0.2) is 4.98 Å². The number of hydrogen-bond donors (Lipinski definition) is 1. The second-order valence-corrected chi connectivity index (χ2v) is 4.56. The van der Waals surface area contributed by atoms with E-state index in [0.29, 0.717) is 0 Å². The number of pyridine rings is 1. The number of hydrogen-bond acceptors (Lipinski definition) is 4. The summed E-state index contributed by atoms with van der Waals surface area (Å²) in [7, 11) is 0. The van der Waals surface area contributed by atoms with Crippen LogP contribution in [0.5, 0.6) is 0 Å². The number of nitrogens with zero attached hydrogens (tertiary/aromatic N) is 3. The maximum absolute atomic E-state index is 4.50. The normalized spacial score (nSPS) is 10.7. The molecule has 3 aromatic rings. The Morgan fingerprint density at radius 2 is 1.85 bits per heavy atom. The van der Waals surface area contributed by atoms with Gasteiger partial charge in [-0.15, -0.1) is 0 Å². The van der Waals surface area contributed by atoms with E-state index in [1.54, 1.807) is 18.6 Å². The average molecular weight is 264 g/mol. The second-order valence-electron chi connectivity index (χ2n) is 4.56. The Hall–Kier alpha value is -2.49. The standard InChI is InChI=1S/C16H16N4/c1-2-8-19-16-15(18-10-11-20-16)13-5-3-7-14-12(13)6-4-9-17-14/h3-7,9-11H,2,8H2,1H3,(H,19,20). The smallest absolute Gasteiger partial charge is 0.152 e. The molecule has 0 amide bonds. The number of anilines is 1. The van der Waals surface area contributed by atoms with Crippen LogP contribution in [0.3, 0.4) is 0 Å². The summed E-state index contributed by atoms with van der Waals surface area (Å²) in [4.78, 5) is 13.3. The quantitative estimate of drug-likeness (QED) is 0.783. The van der Waals surface area contributed by atoms with Crippen LogP contribution in [0.1, 0.15) is 13.3 Å². The average Bonchev–Trinajstić information content (AvgIpc) is 2.53. The van der Waals surface area contributed by atoms with Gasteiger partial charge in [-0.05, 0) is 18.6 Å². The molecule has 1 aromatic carbocycles. The highest BCUT2D eigenvalue weighted by Gasteiger charge is 2.10. The summed E-state index contributed by atoms with van der Waals surface area (Å²) >= 11 is 0. The lowest BCUT2D eigenvalue weighted by Gasteiger charge is -2.11. The first-order valence-electron chi connectivity index (χ1n) is 6.79. The van der Waals surface area contributed by atoms with E-state index in [-0.39, 0.29) is 0 Å². The minimum atomic E-state index is 0.825. The first-order valence-corrected chi connectivity index (χ1v) is 6.79. The van der Waals surface area contributed by atoms with Crippen LogP contribution in [-0.2, 0) is 0 Å². The molecule has 20 heavy (non-hydrogen) atoms. The van der Waals surface area contributed by atoms with E-state index in [0.717, 1.165) is 40.9 Å². The van der Waals surface area contributed by atoms with Gasteiger partial charge < -0.3 is 5.32 Å². The SMILES string of the molecule is CCCNc1nccnc1-c1cccc2ncccc12. The first kappa shape index (κ1) is 12.5. The van der Waals surface area contributed by atoms with Crippen molar-refractivity contribution in [2.75, 3.05) is 11.9 Å². The molecule has 0 fully saturated rings. The number of aromatic nitrogens is 3. The topological polar surface area (TPSA) is 50.7 Å². The third kappa shape index (κ3) is 2.32. The Balaban J connectivity index is 2.16. The van der Waals surface area contributed by atoms with Crippen LogP contribution in [-0.4, -0.2) is 21.5 Å². The van der Waals surface area contributed by atoms with Crippen molar-refractivity contribution in [1.82, 2.24) is 15.0 Å². The summed E-state index contributed by atoms with van der Waals surface area (Å²) in [6.07, 6.45) is 6.29. The highest BCUT2D eigenvalue weighted by Crippen LogP contribution is 2.29. The zero-order valence-corrected chi connectivity index (χ0v) is 11.4. The van der Waals surface area contributed by atoms with Crippen molar-refractivity contribution in [2.24, 2.45) is 0 Å². The molecule has 0 aliphatic heterocycles. The highest BCUT2D eigenvalue weighted by molar-refractivity contribution is 5.95. The summed E-state index contributed by atoms with van der Waals surface area (Å²) in [6, 6.07) is 10.1. The molecule has 0 saturated carbocycles. The van der Waals surface area contributed by atoms with Gasteiger partial charge in [-0.1, -0.05) is 25.1 Å². The summed E-state index contributed by atoms with van der Waals surface area (Å²) < 4.78 is 0. The number of rotatable bonds is 4. The molecule has 0 aliphatic rings. The third-order valence-corrected chi connectivity index (χ3v) is 3.14. The van der Waals surface area contributed by atoms with Crippen LogP contribution < -0.4 is 5.32 Å². The Morgan fingerprint density at radius 3 is 2.75 bits per heavy atom. The van der Waals surface area contributed by atoms with Gasteiger partial charge in [-0.3, -0.25) is 9.97 Å². The van der Waals surface area contributed by atoms with Crippen molar-refractivity contribution in [2.45, 2.75) is 13.3 Å². The summed E-state index contributed by atoms with van der Waals surface area (Å²) in [5, 5.41) is 4.42. The maximum Gasteiger partial charge on any atom is 0.152 e. The third-order valence-electron chi connectivity index (χ3n) is 3.14. The van der Waals surface area contributed by atoms with Gasteiger partial charge in [0.15, 0.2) is 5.82 Å². The van der Waals surface area contributed by atoms with E-state index >= 15 is 0 Å². The molecule has 0 spiro atoms. The fourth-order valence-corrected chi connectivity index (χ4v) is 2.22. The second kappa shape index (κ2) is 5.65. The van der Waals surface area contributed by atoms with Crippen LogP contribution in [0, 0.1) is 0 Å². The number of fused-ring (bicyclic) bond motifs is 1. The molecule has 0 unspecified atom stereocenters.